The fourth-order valence-electron chi connectivity index (χ4n) is 5.26. The van der Waals surface area contributed by atoms with Crippen molar-refractivity contribution in [3.05, 3.63) is 127 Å². The normalized spacial score (nSPS) is 11.6. The second-order valence-electron chi connectivity index (χ2n) is 9.66. The zero-order valence-electron chi connectivity index (χ0n) is 20.9. The van der Waals surface area contributed by atoms with Gasteiger partial charge in [0.1, 0.15) is 11.0 Å². The molecule has 5 aromatic carbocycles. The second-order valence-corrected chi connectivity index (χ2v) is 9.66. The van der Waals surface area contributed by atoms with Gasteiger partial charge in [0.15, 0.2) is 0 Å². The van der Waals surface area contributed by atoms with Gasteiger partial charge in [-0.1, -0.05) is 91.0 Å². The van der Waals surface area contributed by atoms with Crippen molar-refractivity contribution in [1.82, 2.24) is 25.0 Å². The third-order valence-electron chi connectivity index (χ3n) is 7.25. The maximum atomic E-state index is 5.17. The zero-order valence-corrected chi connectivity index (χ0v) is 20.9. The van der Waals surface area contributed by atoms with Crippen LogP contribution < -0.4 is 0 Å². The lowest BCUT2D eigenvalue weighted by atomic mass is 10.0. The molecule has 0 bridgehead atoms. The minimum absolute atomic E-state index is 0.852. The number of rotatable bonds is 3. The first-order chi connectivity index (χ1) is 19.3. The second kappa shape index (κ2) is 8.57. The van der Waals surface area contributed by atoms with Gasteiger partial charge in [-0.15, -0.1) is 15.0 Å². The summed E-state index contributed by atoms with van der Waals surface area (Å²) in [5, 5.41) is 14.0. The van der Waals surface area contributed by atoms with Crippen LogP contribution in [0.4, 0.5) is 0 Å². The van der Waals surface area contributed by atoms with E-state index < -0.39 is 0 Å². The van der Waals surface area contributed by atoms with Crippen LogP contribution in [0.3, 0.4) is 0 Å². The first kappa shape index (κ1) is 21.6. The molecule has 5 nitrogen and oxygen atoms in total. The van der Waals surface area contributed by atoms with E-state index in [1.807, 2.05) is 42.5 Å². The Hall–Kier alpha value is -5.42. The maximum Gasteiger partial charge on any atom is 0.113 e. The fourth-order valence-corrected chi connectivity index (χ4v) is 5.26. The maximum absolute atomic E-state index is 5.17. The largest absolute Gasteiger partial charge is 0.245 e. The Morgan fingerprint density at radius 3 is 1.77 bits per heavy atom. The number of nitrogens with zero attached hydrogens (tertiary/aromatic N) is 5. The van der Waals surface area contributed by atoms with Crippen molar-refractivity contribution < 1.29 is 0 Å². The van der Waals surface area contributed by atoms with E-state index in [-0.39, 0.29) is 0 Å². The molecule has 0 aliphatic rings. The Kier molecular flexibility index (Phi) is 4.76. The van der Waals surface area contributed by atoms with Crippen molar-refractivity contribution in [2.24, 2.45) is 0 Å². The van der Waals surface area contributed by atoms with E-state index in [4.69, 9.17) is 20.2 Å². The first-order valence-electron chi connectivity index (χ1n) is 12.9. The van der Waals surface area contributed by atoms with Gasteiger partial charge in [0.2, 0.25) is 0 Å². The predicted molar refractivity (Wildman–Crippen MR) is 158 cm³/mol. The van der Waals surface area contributed by atoms with E-state index in [0.717, 1.165) is 61.0 Å². The monoisotopic (exact) mass is 499 g/mol. The minimum Gasteiger partial charge on any atom is -0.245 e. The SMILES string of the molecule is c1ccc(-n2nc3ccccc3n2)c(-c2ccc3ccc4ccc(-c5ccc6ccccc6c5)nc4c3n2)c1. The predicted octanol–water partition coefficient (Wildman–Crippen LogP) is 8.00. The highest BCUT2D eigenvalue weighted by atomic mass is 15.5. The average molecular weight is 500 g/mol. The molecule has 0 N–H and O–H groups in total. The number of benzene rings is 5. The van der Waals surface area contributed by atoms with Gasteiger partial charge in [-0.2, -0.15) is 0 Å². The van der Waals surface area contributed by atoms with Crippen molar-refractivity contribution >= 4 is 43.6 Å². The molecule has 0 aliphatic heterocycles. The third-order valence-corrected chi connectivity index (χ3v) is 7.25. The molecule has 39 heavy (non-hydrogen) atoms. The van der Waals surface area contributed by atoms with E-state index in [1.54, 1.807) is 4.80 Å². The molecular formula is C34H21N5. The number of fused-ring (bicyclic) bond motifs is 5. The Morgan fingerprint density at radius 2 is 1.00 bits per heavy atom. The summed E-state index contributed by atoms with van der Waals surface area (Å²) in [6, 6.07) is 43.5. The van der Waals surface area contributed by atoms with Crippen molar-refractivity contribution in [3.8, 4) is 28.2 Å². The van der Waals surface area contributed by atoms with Gasteiger partial charge < -0.3 is 0 Å². The molecule has 0 unspecified atom stereocenters. The molecule has 0 radical (unpaired) electrons. The van der Waals surface area contributed by atoms with Gasteiger partial charge >= 0.3 is 0 Å². The Bertz CT molecular complexity index is 2160. The summed E-state index contributed by atoms with van der Waals surface area (Å²) >= 11 is 0. The highest BCUT2D eigenvalue weighted by molar-refractivity contribution is 6.04. The highest BCUT2D eigenvalue weighted by Crippen LogP contribution is 2.31. The molecule has 0 aliphatic carbocycles. The van der Waals surface area contributed by atoms with Crippen LogP contribution in [0, 0.1) is 0 Å². The number of pyridine rings is 2. The summed E-state index contributed by atoms with van der Waals surface area (Å²) in [4.78, 5) is 12.0. The summed E-state index contributed by atoms with van der Waals surface area (Å²) in [7, 11) is 0. The standard InChI is InChI=1S/C34H21N5/c1-2-8-25-21-26(16-13-22(25)7-1)28-19-17-23-14-15-24-18-20-29(36-34(24)33(23)35-28)27-9-3-6-12-32(27)39-37-30-10-4-5-11-31(30)38-39/h1-21H. The highest BCUT2D eigenvalue weighted by Gasteiger charge is 2.14. The number of hydrogen-bond donors (Lipinski definition) is 0. The van der Waals surface area contributed by atoms with E-state index in [9.17, 15) is 0 Å². The molecule has 0 spiro atoms. The molecule has 5 heteroatoms. The summed E-state index contributed by atoms with van der Waals surface area (Å²) < 4.78 is 0. The Balaban J connectivity index is 1.30. The van der Waals surface area contributed by atoms with Gasteiger partial charge in [-0.25, -0.2) is 9.97 Å². The van der Waals surface area contributed by atoms with Crippen LogP contribution in [-0.4, -0.2) is 25.0 Å². The molecule has 0 atom stereocenters. The number of hydrogen-bond acceptors (Lipinski definition) is 4. The average Bonchev–Trinajstić information content (AvgIpc) is 3.45. The lowest BCUT2D eigenvalue weighted by Gasteiger charge is -2.11. The smallest absolute Gasteiger partial charge is 0.113 e. The molecule has 0 saturated carbocycles. The van der Waals surface area contributed by atoms with Crippen LogP contribution in [0.2, 0.25) is 0 Å². The van der Waals surface area contributed by atoms with Crippen LogP contribution in [0.1, 0.15) is 0 Å². The van der Waals surface area contributed by atoms with Gasteiger partial charge in [-0.3, -0.25) is 0 Å². The summed E-state index contributed by atoms with van der Waals surface area (Å²) in [6.45, 7) is 0. The van der Waals surface area contributed by atoms with Gasteiger partial charge in [0.05, 0.1) is 28.1 Å². The van der Waals surface area contributed by atoms with Crippen molar-refractivity contribution in [2.45, 2.75) is 0 Å². The van der Waals surface area contributed by atoms with E-state index in [2.05, 4.69) is 84.9 Å². The summed E-state index contributed by atoms with van der Waals surface area (Å²) in [5.74, 6) is 0. The van der Waals surface area contributed by atoms with Crippen LogP contribution in [0.25, 0.3) is 71.8 Å². The lowest BCUT2D eigenvalue weighted by molar-refractivity contribution is 0.767. The molecule has 3 heterocycles. The molecule has 8 rings (SSSR count). The van der Waals surface area contributed by atoms with Crippen molar-refractivity contribution in [3.63, 3.8) is 0 Å². The topological polar surface area (TPSA) is 56.5 Å². The van der Waals surface area contributed by atoms with Crippen LogP contribution >= 0.6 is 0 Å². The van der Waals surface area contributed by atoms with Gasteiger partial charge in [0.25, 0.3) is 0 Å². The fraction of sp³-hybridized carbons (Fsp3) is 0. The quantitative estimate of drug-likeness (QED) is 0.231. The van der Waals surface area contributed by atoms with Crippen LogP contribution in [0.5, 0.6) is 0 Å². The lowest BCUT2D eigenvalue weighted by Crippen LogP contribution is -2.01. The molecule has 182 valence electrons. The molecule has 8 aromatic rings. The third kappa shape index (κ3) is 3.63. The van der Waals surface area contributed by atoms with Crippen molar-refractivity contribution in [2.75, 3.05) is 0 Å². The van der Waals surface area contributed by atoms with Crippen LogP contribution in [0.15, 0.2) is 127 Å². The first-order valence-corrected chi connectivity index (χ1v) is 12.9. The molecule has 0 fully saturated rings. The molecule has 0 amide bonds. The number of aromatic nitrogens is 5. The minimum atomic E-state index is 0.852. The summed E-state index contributed by atoms with van der Waals surface area (Å²) in [5.41, 5.74) is 8.19. The van der Waals surface area contributed by atoms with E-state index in [0.29, 0.717) is 0 Å². The summed E-state index contributed by atoms with van der Waals surface area (Å²) in [6.07, 6.45) is 0. The Morgan fingerprint density at radius 1 is 0.436 bits per heavy atom. The number of para-hydroxylation sites is 1. The molecule has 0 saturated heterocycles. The zero-order chi connectivity index (χ0) is 25.8. The van der Waals surface area contributed by atoms with E-state index in [1.165, 1.54) is 10.8 Å². The molecule has 3 aromatic heterocycles. The van der Waals surface area contributed by atoms with Crippen molar-refractivity contribution in [1.29, 1.82) is 0 Å². The van der Waals surface area contributed by atoms with Gasteiger partial charge in [-0.05, 0) is 47.2 Å². The Labute approximate surface area is 224 Å². The van der Waals surface area contributed by atoms with Gasteiger partial charge in [0, 0.05) is 21.9 Å². The molecular weight excluding hydrogens is 478 g/mol. The van der Waals surface area contributed by atoms with E-state index >= 15 is 0 Å². The van der Waals surface area contributed by atoms with Crippen LogP contribution in [-0.2, 0) is 0 Å².